The lowest BCUT2D eigenvalue weighted by Crippen LogP contribution is -1.97. The average Bonchev–Trinajstić information content (AvgIpc) is 2.16. The highest BCUT2D eigenvalue weighted by atomic mass is 16.6. The Balaban J connectivity index is 3.44. The van der Waals surface area contributed by atoms with Gasteiger partial charge < -0.3 is 4.74 Å². The van der Waals surface area contributed by atoms with Gasteiger partial charge in [-0.25, -0.2) is 0 Å². The van der Waals surface area contributed by atoms with Crippen LogP contribution in [0.25, 0.3) is 0 Å². The summed E-state index contributed by atoms with van der Waals surface area (Å²) in [4.78, 5) is 10.0. The highest BCUT2D eigenvalue weighted by molar-refractivity contribution is 5.57. The smallest absolute Gasteiger partial charge is 0.273 e. The lowest BCUT2D eigenvalue weighted by atomic mass is 10.1. The standard InChI is InChI=1S/C9H8N2O3/c1-6-7(5-10)9(14-2)4-3-8(6)11(12)13/h3-4H,1-2H3. The van der Waals surface area contributed by atoms with Gasteiger partial charge in [-0.15, -0.1) is 0 Å². The first-order valence-electron chi connectivity index (χ1n) is 3.84. The predicted octanol–water partition coefficient (Wildman–Crippen LogP) is 1.78. The molecule has 0 spiro atoms. The van der Waals surface area contributed by atoms with Crippen molar-refractivity contribution in [1.29, 1.82) is 5.26 Å². The summed E-state index contributed by atoms with van der Waals surface area (Å²) in [6.07, 6.45) is 0. The number of nitro benzene ring substituents is 1. The predicted molar refractivity (Wildman–Crippen MR) is 49.1 cm³/mol. The third kappa shape index (κ3) is 1.50. The first-order chi connectivity index (χ1) is 6.61. The molecule has 0 atom stereocenters. The Morgan fingerprint density at radius 2 is 2.21 bits per heavy atom. The zero-order chi connectivity index (χ0) is 10.7. The second kappa shape index (κ2) is 3.75. The van der Waals surface area contributed by atoms with E-state index in [1.165, 1.54) is 26.2 Å². The van der Waals surface area contributed by atoms with Crippen molar-refractivity contribution in [2.24, 2.45) is 0 Å². The largest absolute Gasteiger partial charge is 0.495 e. The molecule has 0 fully saturated rings. The van der Waals surface area contributed by atoms with E-state index in [0.29, 0.717) is 11.3 Å². The van der Waals surface area contributed by atoms with Gasteiger partial charge in [-0.3, -0.25) is 10.1 Å². The maximum absolute atomic E-state index is 10.5. The van der Waals surface area contributed by atoms with Crippen molar-refractivity contribution in [3.63, 3.8) is 0 Å². The fourth-order valence-corrected chi connectivity index (χ4v) is 1.18. The van der Waals surface area contributed by atoms with E-state index in [1.54, 1.807) is 0 Å². The second-order valence-corrected chi connectivity index (χ2v) is 2.66. The molecular weight excluding hydrogens is 184 g/mol. The van der Waals surface area contributed by atoms with Gasteiger partial charge in [0, 0.05) is 11.6 Å². The second-order valence-electron chi connectivity index (χ2n) is 2.66. The SMILES string of the molecule is COc1ccc([N+](=O)[O-])c(C)c1C#N. The van der Waals surface area contributed by atoms with Crippen LogP contribution >= 0.6 is 0 Å². The molecule has 0 saturated carbocycles. The van der Waals surface area contributed by atoms with Gasteiger partial charge in [0.25, 0.3) is 5.69 Å². The Kier molecular flexibility index (Phi) is 2.67. The molecule has 1 aromatic carbocycles. The van der Waals surface area contributed by atoms with E-state index in [2.05, 4.69) is 0 Å². The molecule has 0 aliphatic carbocycles. The number of hydrogen-bond acceptors (Lipinski definition) is 4. The van der Waals surface area contributed by atoms with Gasteiger partial charge in [0.05, 0.1) is 12.0 Å². The molecule has 0 heterocycles. The molecule has 0 aromatic heterocycles. The van der Waals surface area contributed by atoms with Gasteiger partial charge in [-0.2, -0.15) is 5.26 Å². The summed E-state index contributed by atoms with van der Waals surface area (Å²) in [6.45, 7) is 1.53. The van der Waals surface area contributed by atoms with Crippen LogP contribution in [0.4, 0.5) is 5.69 Å². The summed E-state index contributed by atoms with van der Waals surface area (Å²) in [6, 6.07) is 4.63. The number of hydrogen-bond donors (Lipinski definition) is 0. The minimum atomic E-state index is -0.518. The quantitative estimate of drug-likeness (QED) is 0.528. The number of nitrogens with zero attached hydrogens (tertiary/aromatic N) is 2. The topological polar surface area (TPSA) is 76.2 Å². The van der Waals surface area contributed by atoms with Gasteiger partial charge >= 0.3 is 0 Å². The monoisotopic (exact) mass is 192 g/mol. The normalized spacial score (nSPS) is 9.21. The summed E-state index contributed by atoms with van der Waals surface area (Å²) >= 11 is 0. The molecule has 72 valence electrons. The van der Waals surface area contributed by atoms with Crippen molar-refractivity contribution < 1.29 is 9.66 Å². The first kappa shape index (κ1) is 9.99. The minimum Gasteiger partial charge on any atom is -0.495 e. The van der Waals surface area contributed by atoms with E-state index in [0.717, 1.165) is 0 Å². The molecule has 1 aromatic rings. The van der Waals surface area contributed by atoms with Gasteiger partial charge in [0.1, 0.15) is 17.4 Å². The molecule has 1 rings (SSSR count). The number of methoxy groups -OCH3 is 1. The van der Waals surface area contributed by atoms with E-state index in [-0.39, 0.29) is 11.3 Å². The lowest BCUT2D eigenvalue weighted by Gasteiger charge is -2.04. The molecule has 5 heteroatoms. The van der Waals surface area contributed by atoms with Crippen LogP contribution in [-0.4, -0.2) is 12.0 Å². The third-order valence-corrected chi connectivity index (χ3v) is 1.93. The number of ether oxygens (including phenoxy) is 1. The van der Waals surface area contributed by atoms with Crippen LogP contribution in [0.3, 0.4) is 0 Å². The van der Waals surface area contributed by atoms with Crippen molar-refractivity contribution in [3.05, 3.63) is 33.4 Å². The zero-order valence-electron chi connectivity index (χ0n) is 7.77. The fourth-order valence-electron chi connectivity index (χ4n) is 1.18. The molecule has 0 saturated heterocycles. The Morgan fingerprint density at radius 1 is 1.57 bits per heavy atom. The number of rotatable bonds is 2. The van der Waals surface area contributed by atoms with Crippen LogP contribution in [0, 0.1) is 28.4 Å². The summed E-state index contributed by atoms with van der Waals surface area (Å²) in [7, 11) is 1.42. The molecule has 5 nitrogen and oxygen atoms in total. The number of nitro groups is 1. The third-order valence-electron chi connectivity index (χ3n) is 1.93. The van der Waals surface area contributed by atoms with Crippen molar-refractivity contribution in [1.82, 2.24) is 0 Å². The number of benzene rings is 1. The Morgan fingerprint density at radius 3 is 2.64 bits per heavy atom. The van der Waals surface area contributed by atoms with Crippen LogP contribution in [0.2, 0.25) is 0 Å². The fraction of sp³-hybridized carbons (Fsp3) is 0.222. The highest BCUT2D eigenvalue weighted by Crippen LogP contribution is 2.28. The highest BCUT2D eigenvalue weighted by Gasteiger charge is 2.17. The minimum absolute atomic E-state index is 0.0673. The van der Waals surface area contributed by atoms with Crippen LogP contribution in [0.5, 0.6) is 5.75 Å². The van der Waals surface area contributed by atoms with E-state index in [9.17, 15) is 10.1 Å². The van der Waals surface area contributed by atoms with Gasteiger partial charge in [0.15, 0.2) is 0 Å². The van der Waals surface area contributed by atoms with Gasteiger partial charge in [-0.05, 0) is 13.0 Å². The van der Waals surface area contributed by atoms with Crippen LogP contribution in [0.1, 0.15) is 11.1 Å². The van der Waals surface area contributed by atoms with Crippen molar-refractivity contribution in [2.75, 3.05) is 7.11 Å². The average molecular weight is 192 g/mol. The van der Waals surface area contributed by atoms with Crippen molar-refractivity contribution in [2.45, 2.75) is 6.92 Å². The first-order valence-corrected chi connectivity index (χ1v) is 3.84. The molecule has 14 heavy (non-hydrogen) atoms. The summed E-state index contributed by atoms with van der Waals surface area (Å²) in [5.41, 5.74) is 0.473. The van der Waals surface area contributed by atoms with Gasteiger partial charge in [-0.1, -0.05) is 0 Å². The van der Waals surface area contributed by atoms with E-state index >= 15 is 0 Å². The molecule has 0 radical (unpaired) electrons. The van der Waals surface area contributed by atoms with Crippen LogP contribution in [-0.2, 0) is 0 Å². The molecule has 0 N–H and O–H groups in total. The maximum atomic E-state index is 10.5. The zero-order valence-corrected chi connectivity index (χ0v) is 7.77. The molecule has 0 unspecified atom stereocenters. The maximum Gasteiger partial charge on any atom is 0.273 e. The molecule has 0 aliphatic rings. The molecule has 0 amide bonds. The lowest BCUT2D eigenvalue weighted by molar-refractivity contribution is -0.385. The Hall–Kier alpha value is -2.09. The van der Waals surface area contributed by atoms with Crippen LogP contribution < -0.4 is 4.74 Å². The molecule has 0 bridgehead atoms. The van der Waals surface area contributed by atoms with Crippen LogP contribution in [0.15, 0.2) is 12.1 Å². The van der Waals surface area contributed by atoms with Crippen molar-refractivity contribution in [3.8, 4) is 11.8 Å². The summed E-state index contributed by atoms with van der Waals surface area (Å²) < 4.78 is 4.91. The van der Waals surface area contributed by atoms with E-state index in [4.69, 9.17) is 10.00 Å². The summed E-state index contributed by atoms with van der Waals surface area (Å²) in [5.74, 6) is 0.357. The molecular formula is C9H8N2O3. The molecule has 0 aliphatic heterocycles. The summed E-state index contributed by atoms with van der Waals surface area (Å²) in [5, 5.41) is 19.3. The Labute approximate surface area is 80.7 Å². The van der Waals surface area contributed by atoms with E-state index < -0.39 is 4.92 Å². The van der Waals surface area contributed by atoms with E-state index in [1.807, 2.05) is 6.07 Å². The van der Waals surface area contributed by atoms with Crippen molar-refractivity contribution >= 4 is 5.69 Å². The Bertz CT molecular complexity index is 421. The number of nitriles is 1. The van der Waals surface area contributed by atoms with Gasteiger partial charge in [0.2, 0.25) is 0 Å².